The summed E-state index contributed by atoms with van der Waals surface area (Å²) in [4.78, 5) is 14.3. The maximum atomic E-state index is 10.9. The van der Waals surface area contributed by atoms with Gasteiger partial charge in [-0.05, 0) is 23.7 Å². The van der Waals surface area contributed by atoms with E-state index in [-0.39, 0.29) is 17.9 Å². The highest BCUT2D eigenvalue weighted by molar-refractivity contribution is 5.22. The van der Waals surface area contributed by atoms with Crippen molar-refractivity contribution in [2.24, 2.45) is 5.92 Å². The van der Waals surface area contributed by atoms with Gasteiger partial charge in [0.1, 0.15) is 11.9 Å². The first kappa shape index (κ1) is 9.81. The molecule has 1 fully saturated rings. The van der Waals surface area contributed by atoms with E-state index in [2.05, 4.69) is 4.98 Å². The second-order valence-corrected chi connectivity index (χ2v) is 4.64. The predicted octanol–water partition coefficient (Wildman–Crippen LogP) is 2.89. The molecular weight excluding hydrogens is 206 g/mol. The van der Waals surface area contributed by atoms with Gasteiger partial charge in [-0.1, -0.05) is 25.8 Å². The third-order valence-corrected chi connectivity index (χ3v) is 3.12. The van der Waals surface area contributed by atoms with E-state index in [1.165, 1.54) is 6.20 Å². The minimum atomic E-state index is -0.843. The Hall–Kier alpha value is -1.39. The van der Waals surface area contributed by atoms with Crippen LogP contribution in [0, 0.1) is 16.0 Å². The van der Waals surface area contributed by atoms with E-state index in [4.69, 9.17) is 1.37 Å². The maximum absolute atomic E-state index is 10.9. The summed E-state index contributed by atoms with van der Waals surface area (Å²) in [7, 11) is 0. The Morgan fingerprint density at radius 1 is 1.62 bits per heavy atom. The Morgan fingerprint density at radius 2 is 2.25 bits per heavy atom. The molecule has 0 aromatic carbocycles. The first-order chi connectivity index (χ1) is 7.85. The third-order valence-electron chi connectivity index (χ3n) is 3.12. The summed E-state index contributed by atoms with van der Waals surface area (Å²) in [5, 5.41) is 10.9. The Kier molecular flexibility index (Phi) is 2.38. The van der Waals surface area contributed by atoms with E-state index in [0.29, 0.717) is 5.69 Å². The lowest BCUT2D eigenvalue weighted by Crippen LogP contribution is -2.11. The summed E-state index contributed by atoms with van der Waals surface area (Å²) in [5.74, 6) is -0.887. The van der Waals surface area contributed by atoms with Crippen molar-refractivity contribution in [3.63, 3.8) is 0 Å². The zero-order chi connectivity index (χ0) is 12.8. The second-order valence-electron chi connectivity index (χ2n) is 4.64. The molecule has 16 heavy (non-hydrogen) atoms. The van der Waals surface area contributed by atoms with Gasteiger partial charge < -0.3 is 10.1 Å². The topological polar surface area (TPSA) is 61.0 Å². The Labute approximate surface area is 96.0 Å². The predicted molar refractivity (Wildman–Crippen MR) is 60.4 cm³/mol. The van der Waals surface area contributed by atoms with Gasteiger partial charge in [-0.3, -0.25) is 0 Å². The van der Waals surface area contributed by atoms with Crippen LogP contribution in [0.4, 0.5) is 5.95 Å². The summed E-state index contributed by atoms with van der Waals surface area (Å²) >= 11 is 0. The minimum absolute atomic E-state index is 0.0799. The summed E-state index contributed by atoms with van der Waals surface area (Å²) in [6.45, 7) is 5.68. The van der Waals surface area contributed by atoms with Crippen molar-refractivity contribution in [1.82, 2.24) is 9.55 Å². The van der Waals surface area contributed by atoms with E-state index in [1.54, 1.807) is 11.5 Å². The molecule has 5 nitrogen and oxygen atoms in total. The lowest BCUT2D eigenvalue weighted by molar-refractivity contribution is -0.396. The Bertz CT molecular complexity index is 450. The van der Waals surface area contributed by atoms with Crippen molar-refractivity contribution >= 4 is 5.95 Å². The van der Waals surface area contributed by atoms with E-state index < -0.39 is 10.8 Å². The fraction of sp³-hybridized carbons (Fsp3) is 0.727. The molecule has 0 amide bonds. The van der Waals surface area contributed by atoms with E-state index >= 15 is 0 Å². The third kappa shape index (κ3) is 1.81. The number of imidazole rings is 1. The highest BCUT2D eigenvalue weighted by atomic mass is 16.6. The fourth-order valence-corrected chi connectivity index (χ4v) is 1.77. The van der Waals surface area contributed by atoms with Gasteiger partial charge in [0, 0.05) is 7.26 Å². The van der Waals surface area contributed by atoms with E-state index in [1.807, 2.05) is 13.8 Å². The fourth-order valence-electron chi connectivity index (χ4n) is 1.77. The number of hydrogen-bond acceptors (Lipinski definition) is 3. The van der Waals surface area contributed by atoms with Crippen molar-refractivity contribution in [2.45, 2.75) is 45.5 Å². The highest BCUT2D eigenvalue weighted by Crippen LogP contribution is 2.41. The van der Waals surface area contributed by atoms with Crippen LogP contribution in [0.3, 0.4) is 0 Å². The number of rotatable bonds is 4. The average molecular weight is 224 g/mol. The number of hydrogen-bond donors (Lipinski definition) is 0. The molecule has 1 unspecified atom stereocenters. The average Bonchev–Trinajstić information content (AvgIpc) is 2.95. The molecule has 1 aliphatic carbocycles. The molecule has 0 N–H and O–H groups in total. The molecule has 0 radical (unpaired) electrons. The van der Waals surface area contributed by atoms with Crippen LogP contribution in [0.2, 0.25) is 0 Å². The summed E-state index contributed by atoms with van der Waals surface area (Å²) in [5.41, 5.74) is 0.654. The molecule has 1 atom stereocenters. The molecule has 0 spiro atoms. The molecule has 5 heteroatoms. The van der Waals surface area contributed by atoms with Crippen LogP contribution in [0.5, 0.6) is 0 Å². The van der Waals surface area contributed by atoms with Gasteiger partial charge in [0.2, 0.25) is 0 Å². The maximum Gasteiger partial charge on any atom is 0.435 e. The summed E-state index contributed by atoms with van der Waals surface area (Å²) in [6.07, 6.45) is 3.38. The molecule has 1 saturated carbocycles. The van der Waals surface area contributed by atoms with Gasteiger partial charge in [0.05, 0.1) is 6.04 Å². The molecule has 88 valence electrons. The van der Waals surface area contributed by atoms with Crippen molar-refractivity contribution in [1.29, 1.82) is 0 Å². The number of aromatic nitrogens is 2. The van der Waals surface area contributed by atoms with Crippen LogP contribution in [0.15, 0.2) is 6.20 Å². The number of nitro groups is 1. The van der Waals surface area contributed by atoms with Crippen LogP contribution >= 0.6 is 0 Å². The van der Waals surface area contributed by atoms with Gasteiger partial charge in [0.25, 0.3) is 0 Å². The first-order valence-corrected chi connectivity index (χ1v) is 5.57. The molecular formula is C11H17N3O2. The van der Waals surface area contributed by atoms with Crippen LogP contribution in [0.25, 0.3) is 0 Å². The lowest BCUT2D eigenvalue weighted by atomic mass is 9.95. The normalized spacial score (nSPS) is 20.6. The zero-order valence-electron chi connectivity index (χ0n) is 10.8. The van der Waals surface area contributed by atoms with Gasteiger partial charge >= 0.3 is 5.95 Å². The molecule has 1 heterocycles. The quantitative estimate of drug-likeness (QED) is 0.583. The van der Waals surface area contributed by atoms with Crippen LogP contribution < -0.4 is 0 Å². The Balaban J connectivity index is 2.51. The molecule has 0 bridgehead atoms. The molecule has 0 aliphatic heterocycles. The van der Waals surface area contributed by atoms with Crippen molar-refractivity contribution in [3.8, 4) is 0 Å². The van der Waals surface area contributed by atoms with Gasteiger partial charge in [-0.2, -0.15) is 0 Å². The second kappa shape index (κ2) is 3.88. The van der Waals surface area contributed by atoms with Crippen LogP contribution in [-0.2, 0) is 0 Å². The zero-order valence-corrected chi connectivity index (χ0v) is 9.80. The van der Waals surface area contributed by atoms with Gasteiger partial charge in [-0.15, -0.1) is 0 Å². The smallest absolute Gasteiger partial charge is 0.390 e. The molecule has 1 aromatic rings. The molecule has 2 rings (SSSR count). The number of nitrogens with zero attached hydrogens (tertiary/aromatic N) is 3. The SMILES string of the molecule is [2H]C(C)(c1cnc([N+](=O)[O-])n1C1CC1)C(C)C. The molecule has 0 saturated heterocycles. The summed E-state index contributed by atoms with van der Waals surface area (Å²) < 4.78 is 10.0. The monoisotopic (exact) mass is 224 g/mol. The van der Waals surface area contributed by atoms with Crippen molar-refractivity contribution in [3.05, 3.63) is 22.0 Å². The van der Waals surface area contributed by atoms with Crippen molar-refractivity contribution < 1.29 is 6.29 Å². The van der Waals surface area contributed by atoms with Crippen LogP contribution in [-0.4, -0.2) is 14.5 Å². The summed E-state index contributed by atoms with van der Waals surface area (Å²) in [6, 6.07) is 0.163. The van der Waals surface area contributed by atoms with E-state index in [0.717, 1.165) is 12.8 Å². The van der Waals surface area contributed by atoms with Crippen molar-refractivity contribution in [2.75, 3.05) is 0 Å². The van der Waals surface area contributed by atoms with Gasteiger partial charge in [-0.25, -0.2) is 4.57 Å². The minimum Gasteiger partial charge on any atom is -0.390 e. The van der Waals surface area contributed by atoms with Crippen LogP contribution in [0.1, 0.15) is 52.6 Å². The molecule has 1 aliphatic rings. The standard InChI is InChI=1S/C11H17N3O2/c1-7(2)8(3)10-6-12-11(14(15)16)13(10)9-4-5-9/h6-9H,4-5H2,1-3H3/i8D. The first-order valence-electron chi connectivity index (χ1n) is 6.07. The highest BCUT2D eigenvalue weighted by Gasteiger charge is 2.37. The van der Waals surface area contributed by atoms with Gasteiger partial charge in [0.15, 0.2) is 0 Å². The van der Waals surface area contributed by atoms with E-state index in [9.17, 15) is 10.1 Å². The Morgan fingerprint density at radius 3 is 2.69 bits per heavy atom. The largest absolute Gasteiger partial charge is 0.435 e. The lowest BCUT2D eigenvalue weighted by Gasteiger charge is -2.14. The molecule has 1 aromatic heterocycles.